The summed E-state index contributed by atoms with van der Waals surface area (Å²) in [6.45, 7) is 0. The molecule has 0 saturated carbocycles. The molecule has 10 heteroatoms. The Bertz CT molecular complexity index is 1360. The number of carbonyl (C=O) groups excluding carboxylic acids is 4. The number of methoxy groups -OCH3 is 2. The van der Waals surface area contributed by atoms with Gasteiger partial charge in [0.05, 0.1) is 43.0 Å². The highest BCUT2D eigenvalue weighted by Gasteiger charge is 2.43. The minimum atomic E-state index is -1.00. The number of nitrogens with zero attached hydrogens (tertiary/aromatic N) is 3. The van der Waals surface area contributed by atoms with Crippen LogP contribution in [0.25, 0.3) is 0 Å². The number of hydrogen-bond acceptors (Lipinski definition) is 9. The number of nitriles is 1. The van der Waals surface area contributed by atoms with Crippen molar-refractivity contribution in [2.45, 2.75) is 18.8 Å². The van der Waals surface area contributed by atoms with Crippen LogP contribution in [0.15, 0.2) is 77.3 Å². The average Bonchev–Trinajstić information content (AvgIpc) is 3.24. The highest BCUT2D eigenvalue weighted by molar-refractivity contribution is 6.20. The van der Waals surface area contributed by atoms with Crippen molar-refractivity contribution in [3.05, 3.63) is 82.8 Å². The molecular weight excluding hydrogens is 464 g/mol. The molecule has 10 nitrogen and oxygen atoms in total. The lowest BCUT2D eigenvalue weighted by Gasteiger charge is -2.36. The van der Waals surface area contributed by atoms with E-state index in [0.29, 0.717) is 5.56 Å². The summed E-state index contributed by atoms with van der Waals surface area (Å²) in [6.07, 6.45) is 0.178. The summed E-state index contributed by atoms with van der Waals surface area (Å²) < 4.78 is 10.0. The highest BCUT2D eigenvalue weighted by Crippen LogP contribution is 2.43. The van der Waals surface area contributed by atoms with Crippen molar-refractivity contribution in [3.63, 3.8) is 0 Å². The molecule has 36 heavy (non-hydrogen) atoms. The van der Waals surface area contributed by atoms with Crippen LogP contribution in [0.4, 0.5) is 11.4 Å². The monoisotopic (exact) mass is 486 g/mol. The number of hydrogen-bond donors (Lipinski definition) is 1. The van der Waals surface area contributed by atoms with Gasteiger partial charge < -0.3 is 15.2 Å². The van der Waals surface area contributed by atoms with Gasteiger partial charge in [0, 0.05) is 18.5 Å². The Hall–Kier alpha value is -4.91. The van der Waals surface area contributed by atoms with Crippen molar-refractivity contribution < 1.29 is 28.7 Å². The van der Waals surface area contributed by atoms with Crippen molar-refractivity contribution in [1.29, 1.82) is 5.26 Å². The highest BCUT2D eigenvalue weighted by atomic mass is 16.5. The van der Waals surface area contributed by atoms with Gasteiger partial charge in [-0.05, 0) is 23.8 Å². The minimum Gasteiger partial charge on any atom is -0.466 e. The number of allylic oxidation sites excluding steroid dienone is 1. The van der Waals surface area contributed by atoms with Crippen LogP contribution in [0.2, 0.25) is 0 Å². The first kappa shape index (κ1) is 24.2. The maximum atomic E-state index is 13.1. The van der Waals surface area contributed by atoms with E-state index in [1.807, 2.05) is 0 Å². The van der Waals surface area contributed by atoms with E-state index in [9.17, 15) is 24.4 Å². The molecule has 2 amide bonds. The second-order valence-corrected chi connectivity index (χ2v) is 7.98. The second kappa shape index (κ2) is 9.76. The van der Waals surface area contributed by atoms with Crippen LogP contribution in [0.5, 0.6) is 0 Å². The molecule has 0 radical (unpaired) electrons. The van der Waals surface area contributed by atoms with Gasteiger partial charge in [0.15, 0.2) is 0 Å². The number of anilines is 2. The number of benzene rings is 2. The Morgan fingerprint density at radius 2 is 1.50 bits per heavy atom. The number of amides is 2. The summed E-state index contributed by atoms with van der Waals surface area (Å²) in [5.41, 5.74) is 7.14. The lowest BCUT2D eigenvalue weighted by atomic mass is 9.81. The van der Waals surface area contributed by atoms with Crippen molar-refractivity contribution >= 4 is 35.1 Å². The van der Waals surface area contributed by atoms with E-state index in [1.165, 1.54) is 11.0 Å². The first-order chi connectivity index (χ1) is 17.3. The zero-order valence-electron chi connectivity index (χ0n) is 19.6. The Morgan fingerprint density at radius 1 is 0.917 bits per heavy atom. The van der Waals surface area contributed by atoms with Crippen LogP contribution in [-0.4, -0.2) is 38.0 Å². The second-order valence-electron chi connectivity index (χ2n) is 7.98. The largest absolute Gasteiger partial charge is 0.466 e. The van der Waals surface area contributed by atoms with Crippen molar-refractivity contribution in [2.75, 3.05) is 24.0 Å². The molecule has 182 valence electrons. The lowest BCUT2D eigenvalue weighted by Crippen LogP contribution is -2.41. The number of rotatable bonds is 5. The Labute approximate surface area is 206 Å². The van der Waals surface area contributed by atoms with E-state index in [0.717, 1.165) is 19.1 Å². The third kappa shape index (κ3) is 3.96. The summed E-state index contributed by atoms with van der Waals surface area (Å²) in [5, 5.41) is 10.1. The third-order valence-electron chi connectivity index (χ3n) is 6.01. The van der Waals surface area contributed by atoms with Gasteiger partial charge in [0.2, 0.25) is 11.8 Å². The quantitative estimate of drug-likeness (QED) is 0.497. The number of ether oxygens (including phenoxy) is 2. The first-order valence-electron chi connectivity index (χ1n) is 11.0. The molecule has 2 aromatic carbocycles. The molecule has 2 aliphatic rings. The lowest BCUT2D eigenvalue weighted by molar-refractivity contribution is -0.139. The summed E-state index contributed by atoms with van der Waals surface area (Å²) in [7, 11) is 2.31. The van der Waals surface area contributed by atoms with Crippen molar-refractivity contribution in [1.82, 2.24) is 0 Å². The fraction of sp³-hybridized carbons (Fsp3) is 0.192. The van der Waals surface area contributed by atoms with Gasteiger partial charge in [-0.25, -0.2) is 9.59 Å². The molecule has 2 aliphatic heterocycles. The molecule has 0 aromatic heterocycles. The van der Waals surface area contributed by atoms with E-state index < -0.39 is 17.9 Å². The molecular formula is C26H22N4O6. The molecule has 1 unspecified atom stereocenters. The summed E-state index contributed by atoms with van der Waals surface area (Å²) in [5.74, 6) is -3.58. The van der Waals surface area contributed by atoms with E-state index >= 15 is 0 Å². The predicted octanol–water partition coefficient (Wildman–Crippen LogP) is 2.24. The summed E-state index contributed by atoms with van der Waals surface area (Å²) in [6, 6.07) is 16.9. The van der Waals surface area contributed by atoms with E-state index in [4.69, 9.17) is 15.2 Å². The molecule has 1 fully saturated rings. The molecule has 4 rings (SSSR count). The average molecular weight is 486 g/mol. The molecule has 0 spiro atoms. The van der Waals surface area contributed by atoms with Crippen LogP contribution in [0.3, 0.4) is 0 Å². The van der Waals surface area contributed by atoms with Gasteiger partial charge in [-0.1, -0.05) is 36.4 Å². The van der Waals surface area contributed by atoms with Crippen LogP contribution in [0.1, 0.15) is 24.3 Å². The van der Waals surface area contributed by atoms with Gasteiger partial charge in [-0.15, -0.1) is 0 Å². The van der Waals surface area contributed by atoms with Gasteiger partial charge in [0.1, 0.15) is 11.5 Å². The Morgan fingerprint density at radius 3 is 2.06 bits per heavy atom. The number of nitrogens with two attached hydrogens (primary N) is 1. The molecule has 0 bridgehead atoms. The fourth-order valence-electron chi connectivity index (χ4n) is 4.42. The van der Waals surface area contributed by atoms with Crippen LogP contribution in [0, 0.1) is 11.3 Å². The normalized spacial score (nSPS) is 17.9. The van der Waals surface area contributed by atoms with Crippen molar-refractivity contribution in [2.24, 2.45) is 5.73 Å². The van der Waals surface area contributed by atoms with Crippen LogP contribution in [-0.2, 0) is 28.7 Å². The van der Waals surface area contributed by atoms with Gasteiger partial charge >= 0.3 is 11.9 Å². The first-order valence-corrected chi connectivity index (χ1v) is 11.0. The smallest absolute Gasteiger partial charge is 0.355 e. The SMILES string of the molecule is COC(=O)C1=C(C(=O)OC)N(c2cccc(N3C(=O)CCC3=O)c2)C(N)=C(C#N)C1c1ccccc1. The van der Waals surface area contributed by atoms with Gasteiger partial charge in [-0.2, -0.15) is 5.26 Å². The van der Waals surface area contributed by atoms with Gasteiger partial charge in [0.25, 0.3) is 0 Å². The third-order valence-corrected chi connectivity index (χ3v) is 6.01. The molecule has 1 atom stereocenters. The minimum absolute atomic E-state index is 0.00739. The maximum absolute atomic E-state index is 13.1. The summed E-state index contributed by atoms with van der Waals surface area (Å²) in [4.78, 5) is 53.1. The molecule has 2 aromatic rings. The Kier molecular flexibility index (Phi) is 6.56. The zero-order valence-corrected chi connectivity index (χ0v) is 19.6. The standard InChI is InChI=1S/C26H22N4O6/c1-35-25(33)22-21(15-7-4-3-5-8-15)18(14-27)24(28)30(23(22)26(34)36-2)17-10-6-9-16(13-17)29-19(31)11-12-20(29)32/h3-10,13,21H,11-12,28H2,1-2H3. The van der Waals surface area contributed by atoms with Crippen LogP contribution < -0.4 is 15.5 Å². The number of esters is 2. The Balaban J connectivity index is 2.00. The molecule has 0 aliphatic carbocycles. The molecule has 2 heterocycles. The fourth-order valence-corrected chi connectivity index (χ4v) is 4.42. The molecule has 1 saturated heterocycles. The van der Waals surface area contributed by atoms with Crippen LogP contribution >= 0.6 is 0 Å². The summed E-state index contributed by atoms with van der Waals surface area (Å²) >= 11 is 0. The van der Waals surface area contributed by atoms with E-state index in [1.54, 1.807) is 48.5 Å². The topological polar surface area (TPSA) is 143 Å². The number of imide groups is 1. The maximum Gasteiger partial charge on any atom is 0.355 e. The number of carbonyl (C=O) groups is 4. The van der Waals surface area contributed by atoms with Crippen molar-refractivity contribution in [3.8, 4) is 6.07 Å². The van der Waals surface area contributed by atoms with E-state index in [2.05, 4.69) is 6.07 Å². The predicted molar refractivity (Wildman–Crippen MR) is 128 cm³/mol. The van der Waals surface area contributed by atoms with Gasteiger partial charge in [-0.3, -0.25) is 19.4 Å². The van der Waals surface area contributed by atoms with E-state index in [-0.39, 0.29) is 58.7 Å². The zero-order chi connectivity index (χ0) is 26.0. The molecule has 2 N–H and O–H groups in total.